The number of hydrogen-bond acceptors (Lipinski definition) is 4. The summed E-state index contributed by atoms with van der Waals surface area (Å²) >= 11 is 0. The highest BCUT2D eigenvalue weighted by atomic mass is 16.7. The largest absolute Gasteiger partial charge is 0.479 e. The molecule has 0 radical (unpaired) electrons. The van der Waals surface area contributed by atoms with Crippen molar-refractivity contribution in [2.45, 2.75) is 25.8 Å². The van der Waals surface area contributed by atoms with Crippen molar-refractivity contribution in [2.24, 2.45) is 0 Å². The number of nitrogens with zero attached hydrogens (tertiary/aromatic N) is 2. The summed E-state index contributed by atoms with van der Waals surface area (Å²) in [6.45, 7) is 4.58. The zero-order valence-electron chi connectivity index (χ0n) is 10.9. The molecule has 0 spiro atoms. The fourth-order valence-corrected chi connectivity index (χ4v) is 2.02. The molecule has 0 aromatic heterocycles. The first-order chi connectivity index (χ1) is 8.54. The Hall–Kier alpha value is -1.34. The normalized spacial score (nSPS) is 17.4. The van der Waals surface area contributed by atoms with Crippen molar-refractivity contribution in [3.8, 4) is 0 Å². The van der Waals surface area contributed by atoms with Crippen LogP contribution in [0, 0.1) is 0 Å². The van der Waals surface area contributed by atoms with Crippen molar-refractivity contribution in [3.63, 3.8) is 0 Å². The van der Waals surface area contributed by atoms with Gasteiger partial charge in [-0.2, -0.15) is 0 Å². The van der Waals surface area contributed by atoms with Crippen molar-refractivity contribution in [2.75, 3.05) is 33.3 Å². The number of piperidine rings is 1. The van der Waals surface area contributed by atoms with Gasteiger partial charge in [-0.25, -0.2) is 15.1 Å². The molecule has 0 aromatic carbocycles. The minimum Gasteiger partial charge on any atom is -0.479 e. The lowest BCUT2D eigenvalue weighted by atomic mass is 10.0. The average Bonchev–Trinajstić information content (AvgIpc) is 2.37. The number of hydrogen-bond donors (Lipinski definition) is 2. The van der Waals surface area contributed by atoms with Crippen LogP contribution in [0.4, 0.5) is 4.79 Å². The third-order valence-corrected chi connectivity index (χ3v) is 3.23. The Labute approximate surface area is 107 Å². The SMILES string of the molecule is CCN1CCC(N(C)C(=O)NOCC(=O)O)CC1. The summed E-state index contributed by atoms with van der Waals surface area (Å²) in [6.07, 6.45) is 1.85. The molecule has 1 heterocycles. The molecule has 7 nitrogen and oxygen atoms in total. The molecule has 0 aromatic rings. The van der Waals surface area contributed by atoms with E-state index in [9.17, 15) is 9.59 Å². The topological polar surface area (TPSA) is 82.1 Å². The van der Waals surface area contributed by atoms with Gasteiger partial charge in [0.1, 0.15) is 0 Å². The van der Waals surface area contributed by atoms with Crippen molar-refractivity contribution in [3.05, 3.63) is 0 Å². The first kappa shape index (κ1) is 14.7. The van der Waals surface area contributed by atoms with Gasteiger partial charge in [-0.05, 0) is 19.4 Å². The highest BCUT2D eigenvalue weighted by molar-refractivity contribution is 5.73. The predicted molar refractivity (Wildman–Crippen MR) is 65.0 cm³/mol. The van der Waals surface area contributed by atoms with E-state index in [4.69, 9.17) is 5.11 Å². The number of carboxylic acid groups (broad SMARTS) is 1. The zero-order chi connectivity index (χ0) is 13.5. The van der Waals surface area contributed by atoms with Gasteiger partial charge in [-0.15, -0.1) is 0 Å². The van der Waals surface area contributed by atoms with Crippen molar-refractivity contribution in [1.29, 1.82) is 0 Å². The van der Waals surface area contributed by atoms with Crippen molar-refractivity contribution < 1.29 is 19.5 Å². The summed E-state index contributed by atoms with van der Waals surface area (Å²) in [6, 6.07) is -0.215. The molecular formula is C11H21N3O4. The molecule has 2 N–H and O–H groups in total. The summed E-state index contributed by atoms with van der Waals surface area (Å²) in [5, 5.41) is 8.37. The lowest BCUT2D eigenvalue weighted by Crippen LogP contribution is -2.48. The van der Waals surface area contributed by atoms with Gasteiger partial charge in [-0.3, -0.25) is 4.84 Å². The lowest BCUT2D eigenvalue weighted by Gasteiger charge is -2.36. The molecule has 1 aliphatic heterocycles. The van der Waals surface area contributed by atoms with Crippen LogP contribution in [0.2, 0.25) is 0 Å². The summed E-state index contributed by atoms with van der Waals surface area (Å²) in [5.74, 6) is -1.12. The number of hydroxylamine groups is 1. The van der Waals surface area contributed by atoms with E-state index in [1.54, 1.807) is 11.9 Å². The minimum atomic E-state index is -1.12. The van der Waals surface area contributed by atoms with Crippen LogP contribution in [0.15, 0.2) is 0 Å². The van der Waals surface area contributed by atoms with E-state index in [-0.39, 0.29) is 6.04 Å². The molecule has 1 saturated heterocycles. The van der Waals surface area contributed by atoms with Gasteiger partial charge in [0.15, 0.2) is 6.61 Å². The Bertz CT molecular complexity index is 290. The van der Waals surface area contributed by atoms with Crippen LogP contribution in [0.3, 0.4) is 0 Å². The molecule has 1 fully saturated rings. The number of nitrogens with one attached hydrogen (secondary N) is 1. The smallest absolute Gasteiger partial charge is 0.341 e. The van der Waals surface area contributed by atoms with Gasteiger partial charge >= 0.3 is 12.0 Å². The zero-order valence-corrected chi connectivity index (χ0v) is 10.9. The van der Waals surface area contributed by atoms with Crippen molar-refractivity contribution >= 4 is 12.0 Å². The maximum absolute atomic E-state index is 11.7. The maximum atomic E-state index is 11.7. The molecule has 18 heavy (non-hydrogen) atoms. The summed E-state index contributed by atoms with van der Waals surface area (Å²) in [4.78, 5) is 30.4. The Morgan fingerprint density at radius 1 is 1.44 bits per heavy atom. The fraction of sp³-hybridized carbons (Fsp3) is 0.818. The van der Waals surface area contributed by atoms with E-state index in [2.05, 4.69) is 22.1 Å². The quantitative estimate of drug-likeness (QED) is 0.686. The molecule has 1 aliphatic rings. The van der Waals surface area contributed by atoms with Gasteiger partial charge in [0.05, 0.1) is 0 Å². The van der Waals surface area contributed by atoms with E-state index in [0.717, 1.165) is 32.5 Å². The number of urea groups is 1. The Morgan fingerprint density at radius 3 is 2.56 bits per heavy atom. The second-order valence-corrected chi connectivity index (χ2v) is 4.37. The summed E-state index contributed by atoms with van der Waals surface area (Å²) in [7, 11) is 1.70. The van der Waals surface area contributed by atoms with Crippen LogP contribution >= 0.6 is 0 Å². The van der Waals surface area contributed by atoms with Gasteiger partial charge < -0.3 is 14.9 Å². The molecule has 0 atom stereocenters. The number of amides is 2. The molecule has 1 rings (SSSR count). The second-order valence-electron chi connectivity index (χ2n) is 4.37. The monoisotopic (exact) mass is 259 g/mol. The lowest BCUT2D eigenvalue weighted by molar-refractivity contribution is -0.144. The molecule has 0 saturated carbocycles. The van der Waals surface area contributed by atoms with E-state index in [1.807, 2.05) is 0 Å². The third kappa shape index (κ3) is 4.50. The van der Waals surface area contributed by atoms with E-state index in [0.29, 0.717) is 0 Å². The maximum Gasteiger partial charge on any atom is 0.341 e. The van der Waals surface area contributed by atoms with Gasteiger partial charge in [-0.1, -0.05) is 6.92 Å². The summed E-state index contributed by atoms with van der Waals surface area (Å²) in [5.41, 5.74) is 2.13. The standard InChI is InChI=1S/C11H21N3O4/c1-3-14-6-4-9(5-7-14)13(2)11(17)12-18-8-10(15)16/h9H,3-8H2,1-2H3,(H,12,17)(H,15,16). The van der Waals surface area contributed by atoms with E-state index >= 15 is 0 Å². The predicted octanol–water partition coefficient (Wildman–Crippen LogP) is 0.128. The first-order valence-electron chi connectivity index (χ1n) is 6.13. The second kappa shape index (κ2) is 7.17. The Balaban J connectivity index is 2.28. The number of carbonyl (C=O) groups is 2. The van der Waals surface area contributed by atoms with E-state index < -0.39 is 18.6 Å². The minimum absolute atomic E-state index is 0.182. The van der Waals surface area contributed by atoms with Crippen LogP contribution in [-0.4, -0.2) is 66.2 Å². The number of rotatable bonds is 5. The van der Waals surface area contributed by atoms with Crippen LogP contribution in [-0.2, 0) is 9.63 Å². The number of carboxylic acids is 1. The van der Waals surface area contributed by atoms with Gasteiger partial charge in [0.2, 0.25) is 0 Å². The van der Waals surface area contributed by atoms with Gasteiger partial charge in [0.25, 0.3) is 0 Å². The molecule has 7 heteroatoms. The highest BCUT2D eigenvalue weighted by Gasteiger charge is 2.24. The molecule has 0 unspecified atom stereocenters. The highest BCUT2D eigenvalue weighted by Crippen LogP contribution is 2.14. The Morgan fingerprint density at radius 2 is 2.06 bits per heavy atom. The van der Waals surface area contributed by atoms with Crippen molar-refractivity contribution in [1.82, 2.24) is 15.3 Å². The van der Waals surface area contributed by atoms with Crippen LogP contribution in [0.5, 0.6) is 0 Å². The van der Waals surface area contributed by atoms with Gasteiger partial charge in [0, 0.05) is 26.2 Å². The average molecular weight is 259 g/mol. The summed E-state index contributed by atoms with van der Waals surface area (Å²) < 4.78 is 0. The molecule has 2 amide bonds. The molecule has 0 bridgehead atoms. The van der Waals surface area contributed by atoms with Crippen LogP contribution in [0.1, 0.15) is 19.8 Å². The first-order valence-corrected chi connectivity index (χ1v) is 6.13. The fourth-order valence-electron chi connectivity index (χ4n) is 2.02. The number of carbonyl (C=O) groups excluding carboxylic acids is 1. The molecular weight excluding hydrogens is 238 g/mol. The Kier molecular flexibility index (Phi) is 5.87. The third-order valence-electron chi connectivity index (χ3n) is 3.23. The number of aliphatic carboxylic acids is 1. The van der Waals surface area contributed by atoms with E-state index in [1.165, 1.54) is 0 Å². The van der Waals surface area contributed by atoms with Crippen LogP contribution < -0.4 is 5.48 Å². The molecule has 0 aliphatic carbocycles. The number of likely N-dealkylation sites (tertiary alicyclic amines) is 1. The van der Waals surface area contributed by atoms with Crippen LogP contribution in [0.25, 0.3) is 0 Å². The molecule has 104 valence electrons.